The second kappa shape index (κ2) is 5.22. The number of oxazole rings is 1. The number of aromatic nitrogens is 1. The van der Waals surface area contributed by atoms with Gasteiger partial charge in [-0.3, -0.25) is 0 Å². The van der Waals surface area contributed by atoms with Crippen molar-refractivity contribution in [1.82, 2.24) is 4.98 Å². The first kappa shape index (κ1) is 13.3. The Hall–Kier alpha value is -2.17. The highest BCUT2D eigenvalue weighted by Gasteiger charge is 2.23. The van der Waals surface area contributed by atoms with Gasteiger partial charge in [-0.25, -0.2) is 14.2 Å². The molecular weight excluding hydrogens is 249 g/mol. The van der Waals surface area contributed by atoms with Gasteiger partial charge in [-0.1, -0.05) is 13.8 Å². The number of esters is 1. The van der Waals surface area contributed by atoms with E-state index >= 15 is 0 Å². The molecule has 0 aliphatic rings. The fraction of sp³-hybridized carbons (Fsp3) is 0.286. The number of carbonyl (C=O) groups is 1. The van der Waals surface area contributed by atoms with Crippen molar-refractivity contribution in [2.24, 2.45) is 0 Å². The minimum atomic E-state index is -0.598. The Morgan fingerprint density at radius 1 is 1.32 bits per heavy atom. The van der Waals surface area contributed by atoms with Crippen LogP contribution in [-0.4, -0.2) is 18.1 Å². The third kappa shape index (κ3) is 2.65. The second-order valence-electron chi connectivity index (χ2n) is 4.38. The molecule has 0 radical (unpaired) electrons. The van der Waals surface area contributed by atoms with E-state index in [1.165, 1.54) is 19.2 Å². The number of nitrogens with zero attached hydrogens (tertiary/aromatic N) is 1. The first-order chi connectivity index (χ1) is 9.02. The van der Waals surface area contributed by atoms with Gasteiger partial charge in [0.05, 0.1) is 7.11 Å². The topological polar surface area (TPSA) is 52.3 Å². The van der Waals surface area contributed by atoms with Crippen molar-refractivity contribution < 1.29 is 18.3 Å². The molecule has 0 bridgehead atoms. The zero-order valence-corrected chi connectivity index (χ0v) is 10.9. The molecule has 2 aromatic rings. The lowest BCUT2D eigenvalue weighted by Crippen LogP contribution is -2.01. The predicted molar refractivity (Wildman–Crippen MR) is 67.3 cm³/mol. The van der Waals surface area contributed by atoms with E-state index in [-0.39, 0.29) is 17.5 Å². The molecule has 0 unspecified atom stereocenters. The van der Waals surface area contributed by atoms with E-state index in [1.54, 1.807) is 12.1 Å². The van der Waals surface area contributed by atoms with Crippen molar-refractivity contribution in [3.8, 4) is 11.3 Å². The van der Waals surface area contributed by atoms with Crippen LogP contribution in [-0.2, 0) is 4.74 Å². The molecule has 0 saturated carbocycles. The van der Waals surface area contributed by atoms with Crippen LogP contribution < -0.4 is 0 Å². The molecular formula is C14H14FNO3. The zero-order chi connectivity index (χ0) is 14.0. The van der Waals surface area contributed by atoms with Gasteiger partial charge in [-0.2, -0.15) is 0 Å². The highest BCUT2D eigenvalue weighted by atomic mass is 19.1. The van der Waals surface area contributed by atoms with E-state index in [1.807, 2.05) is 13.8 Å². The van der Waals surface area contributed by atoms with Crippen LogP contribution in [0.4, 0.5) is 4.39 Å². The van der Waals surface area contributed by atoms with Gasteiger partial charge in [-0.15, -0.1) is 0 Å². The molecule has 0 aliphatic carbocycles. The van der Waals surface area contributed by atoms with Crippen LogP contribution >= 0.6 is 0 Å². The lowest BCUT2D eigenvalue weighted by molar-refractivity contribution is 0.0564. The second-order valence-corrected chi connectivity index (χ2v) is 4.38. The van der Waals surface area contributed by atoms with Crippen LogP contribution in [0.25, 0.3) is 11.3 Å². The fourth-order valence-electron chi connectivity index (χ4n) is 1.62. The number of ether oxygens (including phenoxy) is 1. The van der Waals surface area contributed by atoms with Crippen LogP contribution in [0.15, 0.2) is 28.7 Å². The maximum atomic E-state index is 12.9. The Labute approximate surface area is 110 Å². The van der Waals surface area contributed by atoms with Gasteiger partial charge in [0.2, 0.25) is 5.76 Å². The molecule has 19 heavy (non-hydrogen) atoms. The molecule has 1 aromatic carbocycles. The number of benzene rings is 1. The largest absolute Gasteiger partial charge is 0.463 e. The molecule has 0 fully saturated rings. The highest BCUT2D eigenvalue weighted by molar-refractivity contribution is 5.93. The van der Waals surface area contributed by atoms with Crippen LogP contribution in [0.5, 0.6) is 0 Å². The Balaban J connectivity index is 2.54. The van der Waals surface area contributed by atoms with E-state index in [0.29, 0.717) is 17.1 Å². The van der Waals surface area contributed by atoms with E-state index in [2.05, 4.69) is 9.72 Å². The van der Waals surface area contributed by atoms with E-state index in [4.69, 9.17) is 4.42 Å². The van der Waals surface area contributed by atoms with Gasteiger partial charge >= 0.3 is 5.97 Å². The third-order valence-electron chi connectivity index (χ3n) is 2.63. The number of halogens is 1. The molecule has 100 valence electrons. The molecule has 0 N–H and O–H groups in total. The van der Waals surface area contributed by atoms with E-state index < -0.39 is 5.97 Å². The average molecular weight is 263 g/mol. The van der Waals surface area contributed by atoms with Gasteiger partial charge in [0.1, 0.15) is 11.5 Å². The molecule has 2 rings (SSSR count). The summed E-state index contributed by atoms with van der Waals surface area (Å²) < 4.78 is 23.0. The van der Waals surface area contributed by atoms with Crippen molar-refractivity contribution in [3.05, 3.63) is 41.7 Å². The summed E-state index contributed by atoms with van der Waals surface area (Å²) in [6.07, 6.45) is 0. The molecule has 0 atom stereocenters. The van der Waals surface area contributed by atoms with Gasteiger partial charge in [0.15, 0.2) is 5.89 Å². The van der Waals surface area contributed by atoms with Gasteiger partial charge in [0.25, 0.3) is 0 Å². The first-order valence-corrected chi connectivity index (χ1v) is 5.88. The third-order valence-corrected chi connectivity index (χ3v) is 2.63. The molecule has 5 heteroatoms. The fourth-order valence-corrected chi connectivity index (χ4v) is 1.62. The number of hydrogen-bond acceptors (Lipinski definition) is 4. The Bertz CT molecular complexity index is 587. The summed E-state index contributed by atoms with van der Waals surface area (Å²) >= 11 is 0. The van der Waals surface area contributed by atoms with Crippen molar-refractivity contribution >= 4 is 5.97 Å². The molecule has 1 aromatic heterocycles. The Morgan fingerprint density at radius 2 is 1.95 bits per heavy atom. The predicted octanol–water partition coefficient (Wildman–Crippen LogP) is 3.39. The standard InChI is InChI=1S/C14H14FNO3/c1-8(2)13-16-11(12(19-13)14(17)18-3)9-4-6-10(15)7-5-9/h4-8H,1-3H3. The SMILES string of the molecule is COC(=O)c1oc(C(C)C)nc1-c1ccc(F)cc1. The van der Waals surface area contributed by atoms with Crippen molar-refractivity contribution in [2.75, 3.05) is 7.11 Å². The highest BCUT2D eigenvalue weighted by Crippen LogP contribution is 2.27. The van der Waals surface area contributed by atoms with Crippen molar-refractivity contribution in [3.63, 3.8) is 0 Å². The molecule has 0 spiro atoms. The first-order valence-electron chi connectivity index (χ1n) is 5.88. The van der Waals surface area contributed by atoms with E-state index in [9.17, 15) is 9.18 Å². The van der Waals surface area contributed by atoms with Crippen LogP contribution in [0.1, 0.15) is 36.2 Å². The van der Waals surface area contributed by atoms with Crippen LogP contribution in [0.3, 0.4) is 0 Å². The normalized spacial score (nSPS) is 10.8. The van der Waals surface area contributed by atoms with Crippen LogP contribution in [0, 0.1) is 5.82 Å². The minimum Gasteiger partial charge on any atom is -0.463 e. The minimum absolute atomic E-state index is 0.0394. The average Bonchev–Trinajstić information content (AvgIpc) is 2.84. The van der Waals surface area contributed by atoms with Crippen molar-refractivity contribution in [1.29, 1.82) is 0 Å². The Kier molecular flexibility index (Phi) is 3.64. The number of rotatable bonds is 3. The molecule has 4 nitrogen and oxygen atoms in total. The monoisotopic (exact) mass is 263 g/mol. The molecule has 0 aliphatic heterocycles. The lowest BCUT2D eigenvalue weighted by atomic mass is 10.1. The van der Waals surface area contributed by atoms with Gasteiger partial charge < -0.3 is 9.15 Å². The van der Waals surface area contributed by atoms with Crippen molar-refractivity contribution in [2.45, 2.75) is 19.8 Å². The summed E-state index contributed by atoms with van der Waals surface area (Å²) in [6.45, 7) is 3.81. The molecule has 0 amide bonds. The zero-order valence-electron chi connectivity index (χ0n) is 10.9. The lowest BCUT2D eigenvalue weighted by Gasteiger charge is -1.99. The van der Waals surface area contributed by atoms with Gasteiger partial charge in [0, 0.05) is 11.5 Å². The summed E-state index contributed by atoms with van der Waals surface area (Å²) in [7, 11) is 1.27. The van der Waals surface area contributed by atoms with E-state index in [0.717, 1.165) is 0 Å². The van der Waals surface area contributed by atoms with Gasteiger partial charge in [-0.05, 0) is 24.3 Å². The summed E-state index contributed by atoms with van der Waals surface area (Å²) in [5.74, 6) is -0.426. The number of carbonyl (C=O) groups excluding carboxylic acids is 1. The Morgan fingerprint density at radius 3 is 2.47 bits per heavy atom. The van der Waals surface area contributed by atoms with Crippen LogP contribution in [0.2, 0.25) is 0 Å². The summed E-state index contributed by atoms with van der Waals surface area (Å²) in [5.41, 5.74) is 0.980. The quantitative estimate of drug-likeness (QED) is 0.796. The smallest absolute Gasteiger partial charge is 0.376 e. The maximum Gasteiger partial charge on any atom is 0.376 e. The summed E-state index contributed by atoms with van der Waals surface area (Å²) in [5, 5.41) is 0. The maximum absolute atomic E-state index is 12.9. The summed E-state index contributed by atoms with van der Waals surface area (Å²) in [4.78, 5) is 16.0. The molecule has 1 heterocycles. The summed E-state index contributed by atoms with van der Waals surface area (Å²) in [6, 6.07) is 5.70. The molecule has 0 saturated heterocycles. The number of methoxy groups -OCH3 is 1. The number of hydrogen-bond donors (Lipinski definition) is 0.